The van der Waals surface area contributed by atoms with E-state index in [1.807, 2.05) is 6.92 Å². The molecule has 0 aromatic carbocycles. The van der Waals surface area contributed by atoms with E-state index in [1.54, 1.807) is 21.0 Å². The Morgan fingerprint density at radius 2 is 1.76 bits per heavy atom. The van der Waals surface area contributed by atoms with Gasteiger partial charge in [-0.2, -0.15) is 0 Å². The van der Waals surface area contributed by atoms with E-state index >= 15 is 0 Å². The van der Waals surface area contributed by atoms with E-state index in [1.165, 1.54) is 9.80 Å². The topological polar surface area (TPSA) is 40.6 Å². The quantitative estimate of drug-likeness (QED) is 0.733. The number of hydrogen-bond acceptors (Lipinski definition) is 2. The second-order valence-corrected chi connectivity index (χ2v) is 6.30. The number of nitrogens with zero attached hydrogens (tertiary/aromatic N) is 2. The van der Waals surface area contributed by atoms with E-state index < -0.39 is 9.75 Å². The fraction of sp³-hybridized carbons (Fsp3) is 0.818. The van der Waals surface area contributed by atoms with E-state index in [0.717, 1.165) is 0 Å². The molecular weight excluding hydrogens is 263 g/mol. The highest BCUT2D eigenvalue weighted by molar-refractivity contribution is 6.53. The Bertz CT molecular complexity index is 344. The van der Waals surface area contributed by atoms with Crippen LogP contribution in [0.2, 0.25) is 0 Å². The summed E-state index contributed by atoms with van der Waals surface area (Å²) in [6, 6.07) is 0. The molecule has 98 valence electrons. The second-order valence-electron chi connectivity index (χ2n) is 4.82. The van der Waals surface area contributed by atoms with E-state index in [2.05, 4.69) is 0 Å². The monoisotopic (exact) mass is 280 g/mol. The zero-order chi connectivity index (χ0) is 13.4. The summed E-state index contributed by atoms with van der Waals surface area (Å²) in [4.78, 5) is 26.8. The van der Waals surface area contributed by atoms with Crippen LogP contribution in [0.25, 0.3) is 0 Å². The van der Waals surface area contributed by atoms with Gasteiger partial charge in [-0.25, -0.2) is 0 Å². The van der Waals surface area contributed by atoms with E-state index in [9.17, 15) is 9.59 Å². The van der Waals surface area contributed by atoms with Gasteiger partial charge in [-0.3, -0.25) is 9.59 Å². The Kier molecular flexibility index (Phi) is 3.99. The summed E-state index contributed by atoms with van der Waals surface area (Å²) in [7, 11) is 3.32. The predicted molar refractivity (Wildman–Crippen MR) is 68.1 cm³/mol. The van der Waals surface area contributed by atoms with Crippen LogP contribution in [0, 0.1) is 5.41 Å². The summed E-state index contributed by atoms with van der Waals surface area (Å²) in [6.07, 6.45) is 0.439. The summed E-state index contributed by atoms with van der Waals surface area (Å²) in [5.41, 5.74) is -0.751. The standard InChI is InChI=1S/C11H18Cl2N2O2/c1-5-15(6-8(16)14(3)4)9(17)10(2)7-11(10,12)13/h5-7H2,1-4H3/t10-/m0/s1. The number of carbonyl (C=O) groups excluding carboxylic acids is 2. The molecule has 0 heterocycles. The number of hydrogen-bond donors (Lipinski definition) is 0. The van der Waals surface area contributed by atoms with Crippen LogP contribution in [0.5, 0.6) is 0 Å². The van der Waals surface area contributed by atoms with Crippen LogP contribution in [0.15, 0.2) is 0 Å². The molecule has 1 rings (SSSR count). The van der Waals surface area contributed by atoms with E-state index in [-0.39, 0.29) is 18.4 Å². The van der Waals surface area contributed by atoms with Gasteiger partial charge in [0.1, 0.15) is 4.33 Å². The van der Waals surface area contributed by atoms with E-state index in [0.29, 0.717) is 13.0 Å². The van der Waals surface area contributed by atoms with Crippen LogP contribution >= 0.6 is 23.2 Å². The van der Waals surface area contributed by atoms with Crippen molar-refractivity contribution >= 4 is 35.0 Å². The molecule has 1 saturated carbocycles. The highest BCUT2D eigenvalue weighted by Gasteiger charge is 2.68. The minimum Gasteiger partial charge on any atom is -0.347 e. The molecule has 0 aliphatic heterocycles. The lowest BCUT2D eigenvalue weighted by molar-refractivity contribution is -0.142. The van der Waals surface area contributed by atoms with Gasteiger partial charge in [0.2, 0.25) is 11.8 Å². The molecule has 1 aliphatic rings. The molecule has 0 spiro atoms. The van der Waals surface area contributed by atoms with Gasteiger partial charge >= 0.3 is 0 Å². The highest BCUT2D eigenvalue weighted by atomic mass is 35.5. The van der Waals surface area contributed by atoms with Crippen molar-refractivity contribution in [3.8, 4) is 0 Å². The molecule has 0 aromatic rings. The molecule has 0 aromatic heterocycles. The fourth-order valence-corrected chi connectivity index (χ4v) is 2.31. The van der Waals surface area contributed by atoms with Gasteiger partial charge in [-0.15, -0.1) is 23.2 Å². The first-order valence-corrected chi connectivity index (χ1v) is 6.28. The average molecular weight is 281 g/mol. The number of rotatable bonds is 4. The summed E-state index contributed by atoms with van der Waals surface area (Å²) in [6.45, 7) is 4.11. The van der Waals surface area contributed by atoms with Gasteiger partial charge in [0.05, 0.1) is 12.0 Å². The Labute approximate surface area is 112 Å². The maximum Gasteiger partial charge on any atom is 0.241 e. The molecule has 1 aliphatic carbocycles. The second kappa shape index (κ2) is 4.65. The Balaban J connectivity index is 2.70. The van der Waals surface area contributed by atoms with Crippen molar-refractivity contribution in [3.63, 3.8) is 0 Å². The third-order valence-corrected chi connectivity index (χ3v) is 4.33. The van der Waals surface area contributed by atoms with Crippen molar-refractivity contribution in [1.82, 2.24) is 9.80 Å². The molecule has 2 amide bonds. The molecule has 17 heavy (non-hydrogen) atoms. The van der Waals surface area contributed by atoms with Crippen molar-refractivity contribution in [1.29, 1.82) is 0 Å². The van der Waals surface area contributed by atoms with Gasteiger partial charge < -0.3 is 9.80 Å². The zero-order valence-corrected chi connectivity index (χ0v) is 12.1. The van der Waals surface area contributed by atoms with Crippen LogP contribution < -0.4 is 0 Å². The smallest absolute Gasteiger partial charge is 0.241 e. The molecule has 1 fully saturated rings. The summed E-state index contributed by atoms with van der Waals surface area (Å²) < 4.78 is -0.987. The fourth-order valence-electron chi connectivity index (χ4n) is 1.61. The van der Waals surface area contributed by atoms with Crippen LogP contribution in [0.3, 0.4) is 0 Å². The van der Waals surface area contributed by atoms with Crippen molar-refractivity contribution < 1.29 is 9.59 Å². The Hall–Kier alpha value is -0.480. The first-order chi connectivity index (χ1) is 7.65. The van der Waals surface area contributed by atoms with Gasteiger partial charge in [-0.1, -0.05) is 0 Å². The molecule has 0 radical (unpaired) electrons. The third-order valence-electron chi connectivity index (χ3n) is 3.22. The number of amides is 2. The lowest BCUT2D eigenvalue weighted by atomic mass is 10.1. The molecule has 4 nitrogen and oxygen atoms in total. The predicted octanol–water partition coefficient (Wildman–Crippen LogP) is 1.51. The molecular formula is C11H18Cl2N2O2. The van der Waals surface area contributed by atoms with Gasteiger partial charge in [0, 0.05) is 20.6 Å². The normalized spacial score (nSPS) is 25.3. The number of likely N-dealkylation sites (N-methyl/N-ethyl adjacent to an activating group) is 2. The van der Waals surface area contributed by atoms with Crippen LogP contribution in [-0.4, -0.2) is 53.1 Å². The third kappa shape index (κ3) is 2.68. The Morgan fingerprint density at radius 3 is 2.06 bits per heavy atom. The summed E-state index contributed by atoms with van der Waals surface area (Å²) >= 11 is 11.9. The van der Waals surface area contributed by atoms with Gasteiger partial charge in [-0.05, 0) is 20.3 Å². The van der Waals surface area contributed by atoms with Crippen LogP contribution in [0.4, 0.5) is 0 Å². The van der Waals surface area contributed by atoms with Gasteiger partial charge in [0.25, 0.3) is 0 Å². The largest absolute Gasteiger partial charge is 0.347 e. The van der Waals surface area contributed by atoms with Crippen molar-refractivity contribution in [2.24, 2.45) is 5.41 Å². The first-order valence-electron chi connectivity index (χ1n) is 5.53. The molecule has 0 N–H and O–H groups in total. The first kappa shape index (κ1) is 14.6. The maximum absolute atomic E-state index is 12.2. The molecule has 0 saturated heterocycles. The molecule has 6 heteroatoms. The Morgan fingerprint density at radius 1 is 1.29 bits per heavy atom. The lowest BCUT2D eigenvalue weighted by Crippen LogP contribution is -2.44. The van der Waals surface area contributed by atoms with Gasteiger partial charge in [0.15, 0.2) is 0 Å². The lowest BCUT2D eigenvalue weighted by Gasteiger charge is -2.26. The minimum absolute atomic E-state index is 0.0712. The zero-order valence-electron chi connectivity index (χ0n) is 10.6. The average Bonchev–Trinajstić information content (AvgIpc) is 2.74. The van der Waals surface area contributed by atoms with Crippen molar-refractivity contribution in [3.05, 3.63) is 0 Å². The molecule has 1 atom stereocenters. The van der Waals surface area contributed by atoms with Crippen LogP contribution in [-0.2, 0) is 9.59 Å². The number of halogens is 2. The summed E-state index contributed by atoms with van der Waals surface area (Å²) in [5.74, 6) is -0.264. The minimum atomic E-state index is -0.987. The van der Waals surface area contributed by atoms with Crippen LogP contribution in [0.1, 0.15) is 20.3 Å². The maximum atomic E-state index is 12.2. The molecule has 0 unspecified atom stereocenters. The summed E-state index contributed by atoms with van der Waals surface area (Å²) in [5, 5.41) is 0. The number of alkyl halides is 2. The molecule has 0 bridgehead atoms. The SMILES string of the molecule is CCN(CC(=O)N(C)C)C(=O)[C@]1(C)CC1(Cl)Cl. The highest BCUT2D eigenvalue weighted by Crippen LogP contribution is 2.64. The van der Waals surface area contributed by atoms with Crippen molar-refractivity contribution in [2.75, 3.05) is 27.2 Å². The number of carbonyl (C=O) groups is 2. The van der Waals surface area contributed by atoms with E-state index in [4.69, 9.17) is 23.2 Å². The van der Waals surface area contributed by atoms with Crippen molar-refractivity contribution in [2.45, 2.75) is 24.6 Å².